The van der Waals surface area contributed by atoms with Gasteiger partial charge in [0.1, 0.15) is 18.9 Å². The van der Waals surface area contributed by atoms with Crippen LogP contribution in [-0.4, -0.2) is 44.6 Å². The van der Waals surface area contributed by atoms with Gasteiger partial charge in [-0.3, -0.25) is 24.1 Å². The van der Waals surface area contributed by atoms with Crippen LogP contribution in [0.15, 0.2) is 64.4 Å². The number of carboxylic acid groups (broad SMARTS) is 1. The summed E-state index contributed by atoms with van der Waals surface area (Å²) in [5.41, 5.74) is 2.13. The lowest BCUT2D eigenvalue weighted by Crippen LogP contribution is -2.42. The predicted octanol–water partition coefficient (Wildman–Crippen LogP) is 3.57. The number of thioether (sulfide) groups is 1. The van der Waals surface area contributed by atoms with Gasteiger partial charge in [0.05, 0.1) is 16.9 Å². The number of imide groups is 1. The molecule has 2 N–H and O–H groups in total. The Balaban J connectivity index is 1.21. The van der Waals surface area contributed by atoms with Crippen LogP contribution in [0, 0.1) is 29.6 Å². The molecule has 7 rings (SSSR count). The minimum atomic E-state index is -1.18. The number of thiazole rings is 1. The van der Waals surface area contributed by atoms with Crippen molar-refractivity contribution in [3.8, 4) is 5.75 Å². The fraction of sp³-hybridized carbons (Fsp3) is 0.357. The topological polar surface area (TPSA) is 117 Å². The molecule has 10 heteroatoms. The van der Waals surface area contributed by atoms with Crippen molar-refractivity contribution in [2.45, 2.75) is 29.2 Å². The molecule has 38 heavy (non-hydrogen) atoms. The Kier molecular flexibility index (Phi) is 5.52. The van der Waals surface area contributed by atoms with Crippen LogP contribution in [0.1, 0.15) is 28.3 Å². The van der Waals surface area contributed by atoms with Crippen LogP contribution in [0.25, 0.3) is 0 Å². The van der Waals surface area contributed by atoms with E-state index in [2.05, 4.69) is 4.98 Å². The number of aromatic amines is 1. The maximum atomic E-state index is 13.3. The first-order chi connectivity index (χ1) is 18.4. The monoisotopic (exact) mass is 548 g/mol. The minimum absolute atomic E-state index is 0.0252. The van der Waals surface area contributed by atoms with Crippen LogP contribution in [0.5, 0.6) is 5.75 Å². The summed E-state index contributed by atoms with van der Waals surface area (Å²) in [6.07, 6.45) is 0.768. The zero-order chi connectivity index (χ0) is 26.1. The van der Waals surface area contributed by atoms with Crippen LogP contribution in [0.3, 0.4) is 0 Å². The molecule has 2 aliphatic heterocycles. The van der Waals surface area contributed by atoms with E-state index in [1.54, 1.807) is 11.8 Å². The molecule has 3 aromatic rings. The zero-order valence-corrected chi connectivity index (χ0v) is 21.7. The smallest absolute Gasteiger partial charge is 0.323 e. The van der Waals surface area contributed by atoms with Gasteiger partial charge in [0.2, 0.25) is 11.8 Å². The van der Waals surface area contributed by atoms with Crippen molar-refractivity contribution in [1.29, 1.82) is 0 Å². The molecule has 2 saturated carbocycles. The predicted molar refractivity (Wildman–Crippen MR) is 140 cm³/mol. The molecule has 1 aromatic heterocycles. The molecule has 7 atom stereocenters. The van der Waals surface area contributed by atoms with Crippen molar-refractivity contribution in [3.63, 3.8) is 0 Å². The molecule has 2 bridgehead atoms. The summed E-state index contributed by atoms with van der Waals surface area (Å²) >= 11 is 2.83. The van der Waals surface area contributed by atoms with Gasteiger partial charge in [-0.05, 0) is 47.4 Å². The van der Waals surface area contributed by atoms with Gasteiger partial charge in [-0.25, -0.2) is 0 Å². The van der Waals surface area contributed by atoms with E-state index in [0.29, 0.717) is 6.61 Å². The maximum Gasteiger partial charge on any atom is 0.323 e. The number of ether oxygens (including phenoxy) is 1. The van der Waals surface area contributed by atoms with Crippen LogP contribution in [0.2, 0.25) is 0 Å². The van der Waals surface area contributed by atoms with Gasteiger partial charge in [0, 0.05) is 16.0 Å². The first-order valence-electron chi connectivity index (χ1n) is 12.6. The van der Waals surface area contributed by atoms with E-state index in [9.17, 15) is 24.3 Å². The van der Waals surface area contributed by atoms with Crippen molar-refractivity contribution in [2.75, 3.05) is 6.54 Å². The van der Waals surface area contributed by atoms with Gasteiger partial charge in [-0.1, -0.05) is 53.8 Å². The van der Waals surface area contributed by atoms with Crippen molar-refractivity contribution in [2.24, 2.45) is 29.6 Å². The van der Waals surface area contributed by atoms with E-state index in [-0.39, 0.29) is 45.6 Å². The third-order valence-corrected chi connectivity index (χ3v) is 11.2. The number of nitrogens with one attached hydrogen (secondary N) is 1. The van der Waals surface area contributed by atoms with Crippen LogP contribution < -0.4 is 9.61 Å². The van der Waals surface area contributed by atoms with Gasteiger partial charge < -0.3 is 14.8 Å². The van der Waals surface area contributed by atoms with E-state index in [1.807, 2.05) is 54.6 Å². The summed E-state index contributed by atoms with van der Waals surface area (Å²) in [5.74, 6) is -2.18. The molecular formula is C28H24N2O6S2. The molecule has 194 valence electrons. The average Bonchev–Trinajstić information content (AvgIpc) is 3.64. The molecule has 3 fully saturated rings. The number of carbonyl (C=O) groups is 3. The van der Waals surface area contributed by atoms with Crippen molar-refractivity contribution >= 4 is 40.9 Å². The van der Waals surface area contributed by atoms with Gasteiger partial charge in [-0.15, -0.1) is 11.8 Å². The lowest BCUT2D eigenvalue weighted by Gasteiger charge is -2.43. The number of benzene rings is 2. The third-order valence-electron chi connectivity index (χ3n) is 8.60. The van der Waals surface area contributed by atoms with Gasteiger partial charge >= 0.3 is 10.8 Å². The number of nitrogens with zero attached hydrogens (tertiary/aromatic N) is 1. The number of likely N-dealkylation sites (tertiary alicyclic amines) is 1. The molecule has 1 saturated heterocycles. The van der Waals surface area contributed by atoms with Gasteiger partial charge in [0.15, 0.2) is 0 Å². The average molecular weight is 549 g/mol. The van der Waals surface area contributed by atoms with Crippen molar-refractivity contribution < 1.29 is 24.2 Å². The normalized spacial score (nSPS) is 30.7. The third kappa shape index (κ3) is 3.57. The van der Waals surface area contributed by atoms with Crippen LogP contribution in [0.4, 0.5) is 0 Å². The number of H-pyrrole nitrogens is 1. The SMILES string of the molecule is O=C(O)CN1C(=O)[C@@H]2[C@H]3C[C@@H]([C@@H]2C1=O)[C@@H]1[C@H](c2ccc(OCc4ccccc4)cc2)c2sc(=O)[nH]c2S[C@@H]31. The number of fused-ring (bicyclic) bond motifs is 9. The van der Waals surface area contributed by atoms with E-state index in [1.165, 1.54) is 11.3 Å². The molecule has 2 aromatic carbocycles. The second-order valence-electron chi connectivity index (χ2n) is 10.5. The Morgan fingerprint density at radius 3 is 2.42 bits per heavy atom. The summed E-state index contributed by atoms with van der Waals surface area (Å²) in [6, 6.07) is 17.9. The van der Waals surface area contributed by atoms with E-state index >= 15 is 0 Å². The van der Waals surface area contributed by atoms with Crippen LogP contribution in [-0.2, 0) is 21.0 Å². The minimum Gasteiger partial charge on any atom is -0.489 e. The summed E-state index contributed by atoms with van der Waals surface area (Å²) in [4.78, 5) is 55.0. The van der Waals surface area contributed by atoms with E-state index < -0.39 is 24.3 Å². The summed E-state index contributed by atoms with van der Waals surface area (Å²) in [7, 11) is 0. The highest BCUT2D eigenvalue weighted by molar-refractivity contribution is 8.00. The highest BCUT2D eigenvalue weighted by Gasteiger charge is 2.69. The standard InChI is InChI=1S/C28H24N2O6S2/c31-18(32)11-30-26(33)21-16-10-17(22(21)27(30)34)23-20(16)19(24-25(37-23)29-28(35)38-24)14-6-8-15(9-7-14)36-12-13-4-2-1-3-5-13/h1-9,16-17,19-23H,10-12H2,(H,29,35)(H,31,32)/t16-,17-,19+,20-,21+,22-,23+/m1/s1. The first kappa shape index (κ1) is 23.7. The lowest BCUT2D eigenvalue weighted by molar-refractivity contribution is -0.149. The first-order valence-corrected chi connectivity index (χ1v) is 14.3. The molecule has 4 aliphatic rings. The number of carboxylic acids is 1. The number of rotatable bonds is 6. The summed E-state index contributed by atoms with van der Waals surface area (Å²) in [5, 5.41) is 10.2. The molecule has 0 unspecified atom stereocenters. The Morgan fingerprint density at radius 2 is 1.71 bits per heavy atom. The maximum absolute atomic E-state index is 13.3. The van der Waals surface area contributed by atoms with Crippen LogP contribution >= 0.6 is 23.1 Å². The molecular weight excluding hydrogens is 524 g/mol. The molecule has 3 heterocycles. The van der Waals surface area contributed by atoms with Crippen molar-refractivity contribution in [1.82, 2.24) is 9.88 Å². The molecule has 0 radical (unpaired) electrons. The van der Waals surface area contributed by atoms with E-state index in [0.717, 1.165) is 38.1 Å². The Bertz CT molecular complexity index is 1500. The fourth-order valence-electron chi connectivity index (χ4n) is 7.26. The van der Waals surface area contributed by atoms with Crippen molar-refractivity contribution in [3.05, 3.63) is 80.3 Å². The Morgan fingerprint density at radius 1 is 1.00 bits per heavy atom. The quantitative estimate of drug-likeness (QED) is 0.453. The molecule has 0 spiro atoms. The van der Waals surface area contributed by atoms with E-state index in [4.69, 9.17) is 4.74 Å². The second-order valence-corrected chi connectivity index (χ2v) is 12.7. The number of hydrogen-bond donors (Lipinski definition) is 2. The second kappa shape index (κ2) is 8.84. The number of hydrogen-bond acceptors (Lipinski definition) is 7. The highest BCUT2D eigenvalue weighted by Crippen LogP contribution is 2.68. The molecule has 2 amide bonds. The number of aromatic nitrogens is 1. The largest absolute Gasteiger partial charge is 0.489 e. The Hall–Kier alpha value is -3.37. The number of carbonyl (C=O) groups excluding carboxylic acids is 2. The zero-order valence-electron chi connectivity index (χ0n) is 20.1. The number of aliphatic carboxylic acids is 1. The summed E-state index contributed by atoms with van der Waals surface area (Å²) < 4.78 is 5.98. The molecule has 8 nitrogen and oxygen atoms in total. The molecule has 2 aliphatic carbocycles. The summed E-state index contributed by atoms with van der Waals surface area (Å²) in [6.45, 7) is -0.120. The van der Waals surface area contributed by atoms with Gasteiger partial charge in [-0.2, -0.15) is 0 Å². The fourth-order valence-corrected chi connectivity index (χ4v) is 10.1. The van der Waals surface area contributed by atoms with Gasteiger partial charge in [0.25, 0.3) is 0 Å². The highest BCUT2D eigenvalue weighted by atomic mass is 32.2. The number of amides is 2. The lowest BCUT2D eigenvalue weighted by atomic mass is 9.68. The Labute approximate surface area is 226 Å².